The van der Waals surface area contributed by atoms with E-state index in [1.54, 1.807) is 0 Å². The minimum Gasteiger partial charge on any atom is -0.353 e. The number of hydrogen-bond acceptors (Lipinski definition) is 4. The first kappa shape index (κ1) is 22.0. The zero-order chi connectivity index (χ0) is 21.7. The fourth-order valence-corrected chi connectivity index (χ4v) is 3.72. The summed E-state index contributed by atoms with van der Waals surface area (Å²) < 4.78 is 13.4. The summed E-state index contributed by atoms with van der Waals surface area (Å²) >= 11 is 0. The summed E-state index contributed by atoms with van der Waals surface area (Å²) in [4.78, 5) is 26.1. The van der Waals surface area contributed by atoms with E-state index in [2.05, 4.69) is 31.0 Å². The molecule has 7 heteroatoms. The Morgan fingerprint density at radius 1 is 1.10 bits per heavy atom. The third-order valence-electron chi connectivity index (χ3n) is 5.43. The van der Waals surface area contributed by atoms with Crippen LogP contribution in [0.4, 0.5) is 15.0 Å². The summed E-state index contributed by atoms with van der Waals surface area (Å²) in [6.45, 7) is 11.6. The summed E-state index contributed by atoms with van der Waals surface area (Å²) in [5.41, 5.74) is 3.17. The van der Waals surface area contributed by atoms with Crippen LogP contribution in [0.15, 0.2) is 24.3 Å². The Kier molecular flexibility index (Phi) is 7.24. The number of anilines is 1. The quantitative estimate of drug-likeness (QED) is 0.784. The van der Waals surface area contributed by atoms with Gasteiger partial charge in [0, 0.05) is 56.3 Å². The molecular formula is C23H32FN5O. The first-order valence-electron chi connectivity index (χ1n) is 10.8. The third-order valence-corrected chi connectivity index (χ3v) is 5.43. The van der Waals surface area contributed by atoms with Gasteiger partial charge in [0.05, 0.1) is 0 Å². The first-order chi connectivity index (χ1) is 14.4. The topological polar surface area (TPSA) is 61.4 Å². The summed E-state index contributed by atoms with van der Waals surface area (Å²) in [6.07, 6.45) is 1.47. The number of hydrogen-bond donors (Lipinski definition) is 1. The van der Waals surface area contributed by atoms with Crippen molar-refractivity contribution < 1.29 is 9.18 Å². The molecule has 1 aliphatic rings. The number of carbonyl (C=O) groups is 1. The molecule has 1 aromatic carbocycles. The van der Waals surface area contributed by atoms with Gasteiger partial charge in [-0.15, -0.1) is 0 Å². The van der Waals surface area contributed by atoms with Crippen LogP contribution in [0, 0.1) is 5.82 Å². The molecule has 30 heavy (non-hydrogen) atoms. The molecule has 0 aliphatic carbocycles. The van der Waals surface area contributed by atoms with E-state index in [1.807, 2.05) is 24.0 Å². The Morgan fingerprint density at radius 2 is 1.77 bits per heavy atom. The molecule has 0 spiro atoms. The highest BCUT2D eigenvalue weighted by molar-refractivity contribution is 5.74. The standard InChI is InChI=1S/C23H32FN5O/c1-5-20-19(15-17-7-9-18(24)10-8-17)22(27-21(26-20)16(3)4)28-11-13-29(14-12-28)23(30)25-6-2/h7-10,16H,5-6,11-15H2,1-4H3,(H,25,30). The molecule has 0 unspecified atom stereocenters. The molecule has 1 saturated heterocycles. The molecule has 0 bridgehead atoms. The van der Waals surface area contributed by atoms with Gasteiger partial charge in [-0.05, 0) is 31.0 Å². The number of carbonyl (C=O) groups excluding carboxylic acids is 1. The van der Waals surface area contributed by atoms with Crippen molar-refractivity contribution in [1.82, 2.24) is 20.2 Å². The van der Waals surface area contributed by atoms with Crippen LogP contribution in [0.3, 0.4) is 0 Å². The van der Waals surface area contributed by atoms with E-state index < -0.39 is 0 Å². The summed E-state index contributed by atoms with van der Waals surface area (Å²) in [7, 11) is 0. The number of amides is 2. The molecule has 0 saturated carbocycles. The van der Waals surface area contributed by atoms with Crippen LogP contribution in [-0.4, -0.2) is 53.6 Å². The monoisotopic (exact) mass is 413 g/mol. The molecule has 162 valence electrons. The lowest BCUT2D eigenvalue weighted by atomic mass is 10.0. The summed E-state index contributed by atoms with van der Waals surface area (Å²) in [5, 5.41) is 2.87. The predicted octanol–water partition coefficient (Wildman–Crippen LogP) is 3.74. The van der Waals surface area contributed by atoms with Crippen LogP contribution < -0.4 is 10.2 Å². The number of aromatic nitrogens is 2. The Hall–Kier alpha value is -2.70. The van der Waals surface area contributed by atoms with Gasteiger partial charge in [0.25, 0.3) is 0 Å². The molecule has 2 amide bonds. The van der Waals surface area contributed by atoms with Gasteiger partial charge in [0.2, 0.25) is 0 Å². The number of halogens is 1. The van der Waals surface area contributed by atoms with Crippen molar-refractivity contribution >= 4 is 11.8 Å². The molecular weight excluding hydrogens is 381 g/mol. The van der Waals surface area contributed by atoms with Crippen molar-refractivity contribution in [3.05, 3.63) is 52.7 Å². The van der Waals surface area contributed by atoms with E-state index in [9.17, 15) is 9.18 Å². The fraction of sp³-hybridized carbons (Fsp3) is 0.522. The average Bonchev–Trinajstić information content (AvgIpc) is 2.75. The van der Waals surface area contributed by atoms with Gasteiger partial charge in [-0.25, -0.2) is 19.2 Å². The minimum absolute atomic E-state index is 0.0107. The fourth-order valence-electron chi connectivity index (χ4n) is 3.72. The molecule has 0 atom stereocenters. The van der Waals surface area contributed by atoms with Crippen molar-refractivity contribution in [3.8, 4) is 0 Å². The van der Waals surface area contributed by atoms with Crippen molar-refractivity contribution in [2.24, 2.45) is 0 Å². The minimum atomic E-state index is -0.234. The number of aryl methyl sites for hydroxylation is 1. The molecule has 6 nitrogen and oxygen atoms in total. The normalized spacial score (nSPS) is 14.3. The Bertz CT molecular complexity index is 861. The maximum atomic E-state index is 13.4. The van der Waals surface area contributed by atoms with Gasteiger partial charge in [-0.2, -0.15) is 0 Å². The zero-order valence-electron chi connectivity index (χ0n) is 18.4. The molecule has 0 radical (unpaired) electrons. The van der Waals surface area contributed by atoms with Crippen molar-refractivity contribution in [2.75, 3.05) is 37.6 Å². The van der Waals surface area contributed by atoms with Crippen molar-refractivity contribution in [2.45, 2.75) is 46.5 Å². The SMILES string of the molecule is CCNC(=O)N1CCN(c2nc(C(C)C)nc(CC)c2Cc2ccc(F)cc2)CC1. The van der Waals surface area contributed by atoms with E-state index in [0.717, 1.165) is 48.0 Å². The molecule has 1 fully saturated rings. The summed E-state index contributed by atoms with van der Waals surface area (Å²) in [5.74, 6) is 1.79. The number of nitrogens with one attached hydrogen (secondary N) is 1. The molecule has 1 aromatic heterocycles. The second kappa shape index (κ2) is 9.87. The van der Waals surface area contributed by atoms with Gasteiger partial charge >= 0.3 is 6.03 Å². The van der Waals surface area contributed by atoms with Crippen LogP contribution >= 0.6 is 0 Å². The number of benzene rings is 1. The lowest BCUT2D eigenvalue weighted by molar-refractivity contribution is 0.195. The van der Waals surface area contributed by atoms with Crippen LogP contribution in [0.25, 0.3) is 0 Å². The van der Waals surface area contributed by atoms with Gasteiger partial charge < -0.3 is 15.1 Å². The van der Waals surface area contributed by atoms with Crippen LogP contribution in [0.2, 0.25) is 0 Å². The van der Waals surface area contributed by atoms with Gasteiger partial charge in [-0.1, -0.05) is 32.9 Å². The molecule has 2 heterocycles. The highest BCUT2D eigenvalue weighted by atomic mass is 19.1. The Labute approximate surface area is 178 Å². The first-order valence-corrected chi connectivity index (χ1v) is 10.8. The van der Waals surface area contributed by atoms with E-state index in [4.69, 9.17) is 9.97 Å². The Morgan fingerprint density at radius 3 is 2.33 bits per heavy atom. The number of rotatable bonds is 6. The molecule has 3 rings (SSSR count). The van der Waals surface area contributed by atoms with Gasteiger partial charge in [0.1, 0.15) is 17.5 Å². The zero-order valence-corrected chi connectivity index (χ0v) is 18.4. The van der Waals surface area contributed by atoms with E-state index in [-0.39, 0.29) is 17.8 Å². The lowest BCUT2D eigenvalue weighted by Crippen LogP contribution is -2.52. The highest BCUT2D eigenvalue weighted by Gasteiger charge is 2.25. The maximum absolute atomic E-state index is 13.4. The largest absolute Gasteiger partial charge is 0.353 e. The number of nitrogens with zero attached hydrogens (tertiary/aromatic N) is 4. The van der Waals surface area contributed by atoms with Crippen LogP contribution in [0.5, 0.6) is 0 Å². The number of piperazine rings is 1. The van der Waals surface area contributed by atoms with Gasteiger partial charge in [-0.3, -0.25) is 0 Å². The summed E-state index contributed by atoms with van der Waals surface area (Å²) in [6, 6.07) is 6.62. The van der Waals surface area contributed by atoms with E-state index in [0.29, 0.717) is 26.1 Å². The average molecular weight is 414 g/mol. The van der Waals surface area contributed by atoms with E-state index in [1.165, 1.54) is 12.1 Å². The maximum Gasteiger partial charge on any atom is 0.317 e. The smallest absolute Gasteiger partial charge is 0.317 e. The molecule has 1 aliphatic heterocycles. The van der Waals surface area contributed by atoms with Gasteiger partial charge in [0.15, 0.2) is 0 Å². The van der Waals surface area contributed by atoms with Crippen LogP contribution in [0.1, 0.15) is 56.3 Å². The third kappa shape index (κ3) is 5.07. The molecule has 2 aromatic rings. The lowest BCUT2D eigenvalue weighted by Gasteiger charge is -2.36. The molecule has 1 N–H and O–H groups in total. The predicted molar refractivity (Wildman–Crippen MR) is 118 cm³/mol. The van der Waals surface area contributed by atoms with Crippen LogP contribution in [-0.2, 0) is 12.8 Å². The number of urea groups is 1. The highest BCUT2D eigenvalue weighted by Crippen LogP contribution is 2.28. The van der Waals surface area contributed by atoms with E-state index >= 15 is 0 Å². The Balaban J connectivity index is 1.92. The van der Waals surface area contributed by atoms with Crippen molar-refractivity contribution in [1.29, 1.82) is 0 Å². The second-order valence-corrected chi connectivity index (χ2v) is 7.95. The second-order valence-electron chi connectivity index (χ2n) is 7.95. The van der Waals surface area contributed by atoms with Crippen molar-refractivity contribution in [3.63, 3.8) is 0 Å².